The van der Waals surface area contributed by atoms with Crippen LogP contribution >= 0.6 is 0 Å². The molecule has 0 saturated carbocycles. The first-order valence-electron chi connectivity index (χ1n) is 5.58. The maximum atomic E-state index is 12.5. The molecule has 3 nitrogen and oxygen atoms in total. The number of rotatable bonds is 0. The molecular weight excluding hydrogens is 205 g/mol. The fraction of sp³-hybridized carbons (Fsp3) is 0.417. The van der Waals surface area contributed by atoms with Crippen LogP contribution in [-0.4, -0.2) is 22.8 Å². The molecule has 3 rings (SSSR count). The van der Waals surface area contributed by atoms with Crippen LogP contribution in [0.25, 0.3) is 10.9 Å². The van der Waals surface area contributed by atoms with E-state index in [1.807, 2.05) is 0 Å². The van der Waals surface area contributed by atoms with Crippen LogP contribution in [-0.2, 0) is 0 Å². The summed E-state index contributed by atoms with van der Waals surface area (Å²) in [6, 6.07) is 5.31. The lowest BCUT2D eigenvalue weighted by atomic mass is 10.2. The van der Waals surface area contributed by atoms with Crippen molar-refractivity contribution in [1.29, 1.82) is 0 Å². The van der Waals surface area contributed by atoms with Gasteiger partial charge < -0.3 is 5.32 Å². The zero-order valence-corrected chi connectivity index (χ0v) is 9.33. The van der Waals surface area contributed by atoms with Gasteiger partial charge in [0.25, 0.3) is 0 Å². The normalized spacial score (nSPS) is 19.5. The second kappa shape index (κ2) is 5.07. The molecule has 0 amide bonds. The number of hydrogen-bond donors (Lipinski definition) is 2. The topological polar surface area (TPSA) is 40.7 Å². The highest BCUT2D eigenvalue weighted by atomic mass is 19.1. The number of nitrogens with zero attached hydrogens (tertiary/aromatic N) is 1. The monoisotopic (exact) mass is 221 g/mol. The Morgan fingerprint density at radius 2 is 2.31 bits per heavy atom. The highest BCUT2D eigenvalue weighted by molar-refractivity contribution is 5.77. The zero-order valence-electron chi connectivity index (χ0n) is 9.33. The molecule has 2 heterocycles. The van der Waals surface area contributed by atoms with Gasteiger partial charge in [-0.3, -0.25) is 5.10 Å². The summed E-state index contributed by atoms with van der Waals surface area (Å²) in [5, 5.41) is 10.6. The van der Waals surface area contributed by atoms with E-state index in [-0.39, 0.29) is 5.82 Å². The number of H-pyrrole nitrogens is 1. The van der Waals surface area contributed by atoms with E-state index >= 15 is 0 Å². The highest BCUT2D eigenvalue weighted by Crippen LogP contribution is 2.10. The number of fused-ring (bicyclic) bond motifs is 1. The van der Waals surface area contributed by atoms with Crippen molar-refractivity contribution in [1.82, 2.24) is 15.5 Å². The summed E-state index contributed by atoms with van der Waals surface area (Å²) >= 11 is 0. The van der Waals surface area contributed by atoms with Crippen LogP contribution in [0.2, 0.25) is 0 Å². The molecule has 2 aromatic rings. The number of nitrogens with one attached hydrogen (secondary N) is 2. The van der Waals surface area contributed by atoms with Gasteiger partial charge in [-0.15, -0.1) is 0 Å². The molecule has 1 fully saturated rings. The molecule has 1 atom stereocenters. The molecule has 1 aliphatic rings. The van der Waals surface area contributed by atoms with Crippen LogP contribution in [0.5, 0.6) is 0 Å². The lowest BCUT2D eigenvalue weighted by Gasteiger charge is -1.95. The molecule has 1 saturated heterocycles. The third-order valence-electron chi connectivity index (χ3n) is 2.71. The van der Waals surface area contributed by atoms with Crippen molar-refractivity contribution in [2.24, 2.45) is 0 Å². The quantitative estimate of drug-likeness (QED) is 0.717. The first kappa shape index (κ1) is 11.1. The van der Waals surface area contributed by atoms with Crippen LogP contribution in [0.3, 0.4) is 0 Å². The molecule has 0 radical (unpaired) electrons. The molecule has 0 unspecified atom stereocenters. The first-order chi connectivity index (χ1) is 7.75. The first-order valence-corrected chi connectivity index (χ1v) is 5.58. The molecule has 0 aliphatic carbocycles. The summed E-state index contributed by atoms with van der Waals surface area (Å²) in [5.74, 6) is -0.228. The van der Waals surface area contributed by atoms with Gasteiger partial charge in [-0.1, -0.05) is 0 Å². The summed E-state index contributed by atoms with van der Waals surface area (Å²) in [6.07, 6.45) is 4.35. The number of aromatic amines is 1. The minimum absolute atomic E-state index is 0.228. The van der Waals surface area contributed by atoms with E-state index in [4.69, 9.17) is 0 Å². The van der Waals surface area contributed by atoms with E-state index in [1.165, 1.54) is 31.5 Å². The summed E-state index contributed by atoms with van der Waals surface area (Å²) in [4.78, 5) is 0. The molecule has 86 valence electrons. The van der Waals surface area contributed by atoms with Crippen molar-refractivity contribution in [2.75, 3.05) is 6.54 Å². The lowest BCUT2D eigenvalue weighted by Crippen LogP contribution is -2.16. The molecule has 2 N–H and O–H groups in total. The van der Waals surface area contributed by atoms with Gasteiger partial charge in [0, 0.05) is 11.4 Å². The predicted molar refractivity (Wildman–Crippen MR) is 62.8 cm³/mol. The Bertz CT molecular complexity index is 446. The van der Waals surface area contributed by atoms with Crippen molar-refractivity contribution < 1.29 is 4.39 Å². The van der Waals surface area contributed by atoms with E-state index in [0.717, 1.165) is 16.9 Å². The molecule has 0 bridgehead atoms. The largest absolute Gasteiger partial charge is 0.314 e. The van der Waals surface area contributed by atoms with Gasteiger partial charge >= 0.3 is 0 Å². The Kier molecular flexibility index (Phi) is 3.51. The number of benzene rings is 1. The van der Waals surface area contributed by atoms with E-state index in [0.29, 0.717) is 0 Å². The van der Waals surface area contributed by atoms with Crippen molar-refractivity contribution in [3.63, 3.8) is 0 Å². The van der Waals surface area contributed by atoms with E-state index < -0.39 is 0 Å². The second-order valence-electron chi connectivity index (χ2n) is 4.10. The van der Waals surface area contributed by atoms with Crippen molar-refractivity contribution in [3.05, 3.63) is 30.2 Å². The summed E-state index contributed by atoms with van der Waals surface area (Å²) in [6.45, 7) is 3.47. The van der Waals surface area contributed by atoms with E-state index in [1.54, 1.807) is 12.3 Å². The van der Waals surface area contributed by atoms with Gasteiger partial charge in [-0.25, -0.2) is 4.39 Å². The second-order valence-corrected chi connectivity index (χ2v) is 4.10. The van der Waals surface area contributed by atoms with Gasteiger partial charge in [0.05, 0.1) is 11.7 Å². The molecule has 1 aliphatic heterocycles. The minimum Gasteiger partial charge on any atom is -0.314 e. The number of aromatic nitrogens is 2. The molecule has 0 spiro atoms. The van der Waals surface area contributed by atoms with Gasteiger partial charge in [0.15, 0.2) is 0 Å². The summed E-state index contributed by atoms with van der Waals surface area (Å²) in [7, 11) is 0. The summed E-state index contributed by atoms with van der Waals surface area (Å²) in [5.41, 5.74) is 0.862. The molecule has 1 aromatic heterocycles. The Morgan fingerprint density at radius 1 is 1.44 bits per heavy atom. The van der Waals surface area contributed by atoms with Crippen LogP contribution in [0.1, 0.15) is 19.8 Å². The predicted octanol–water partition coefficient (Wildman–Crippen LogP) is 2.46. The third-order valence-corrected chi connectivity index (χ3v) is 2.71. The summed E-state index contributed by atoms with van der Waals surface area (Å²) < 4.78 is 12.5. The van der Waals surface area contributed by atoms with Gasteiger partial charge in [-0.2, -0.15) is 5.10 Å². The molecule has 1 aromatic carbocycles. The standard InChI is InChI=1S/C7H5FN2.C5H11N/c8-6-1-2-7-5(3-6)4-9-10-7;1-5-3-2-4-6-5/h1-4H,(H,9,10);5-6H,2-4H2,1H3/t;5-/m.0/s1. The fourth-order valence-electron chi connectivity index (χ4n) is 1.77. The molecular formula is C12H16FN3. The maximum absolute atomic E-state index is 12.5. The molecule has 4 heteroatoms. The van der Waals surface area contributed by atoms with Crippen LogP contribution < -0.4 is 5.32 Å². The number of hydrogen-bond acceptors (Lipinski definition) is 2. The smallest absolute Gasteiger partial charge is 0.124 e. The average molecular weight is 221 g/mol. The Hall–Kier alpha value is -1.42. The van der Waals surface area contributed by atoms with Crippen LogP contribution in [0.15, 0.2) is 24.4 Å². The van der Waals surface area contributed by atoms with Crippen molar-refractivity contribution in [2.45, 2.75) is 25.8 Å². The van der Waals surface area contributed by atoms with Gasteiger partial charge in [-0.05, 0) is 44.5 Å². The Balaban J connectivity index is 0.000000138. The van der Waals surface area contributed by atoms with Crippen LogP contribution in [0, 0.1) is 5.82 Å². The Labute approximate surface area is 94.1 Å². The SMILES string of the molecule is C[C@H]1CCCN1.Fc1ccc2[nH]ncc2c1. The van der Waals surface area contributed by atoms with Crippen LogP contribution in [0.4, 0.5) is 4.39 Å². The van der Waals surface area contributed by atoms with Gasteiger partial charge in [0.2, 0.25) is 0 Å². The fourth-order valence-corrected chi connectivity index (χ4v) is 1.77. The average Bonchev–Trinajstić information content (AvgIpc) is 2.88. The Morgan fingerprint density at radius 3 is 2.94 bits per heavy atom. The lowest BCUT2D eigenvalue weighted by molar-refractivity contribution is 0.630. The highest BCUT2D eigenvalue weighted by Gasteiger charge is 2.05. The molecule has 16 heavy (non-hydrogen) atoms. The van der Waals surface area contributed by atoms with Crippen molar-refractivity contribution in [3.8, 4) is 0 Å². The van der Waals surface area contributed by atoms with E-state index in [2.05, 4.69) is 22.4 Å². The van der Waals surface area contributed by atoms with Gasteiger partial charge in [0.1, 0.15) is 5.82 Å². The maximum Gasteiger partial charge on any atom is 0.124 e. The number of halogens is 1. The third kappa shape index (κ3) is 2.79. The zero-order chi connectivity index (χ0) is 11.4. The minimum atomic E-state index is -0.228. The van der Waals surface area contributed by atoms with Crippen molar-refractivity contribution >= 4 is 10.9 Å². The van der Waals surface area contributed by atoms with E-state index in [9.17, 15) is 4.39 Å².